The Morgan fingerprint density at radius 2 is 2.00 bits per heavy atom. The summed E-state index contributed by atoms with van der Waals surface area (Å²) < 4.78 is 33.9. The first-order valence-electron chi connectivity index (χ1n) is 6.34. The van der Waals surface area contributed by atoms with Gasteiger partial charge in [-0.2, -0.15) is 8.42 Å². The second kappa shape index (κ2) is 5.80. The predicted octanol–water partition coefficient (Wildman–Crippen LogP) is 1.54. The Labute approximate surface area is 118 Å². The van der Waals surface area contributed by atoms with Crippen LogP contribution in [0.25, 0.3) is 0 Å². The monoisotopic (exact) mass is 299 g/mol. The number of rotatable bonds is 5. The van der Waals surface area contributed by atoms with Crippen LogP contribution >= 0.6 is 0 Å². The van der Waals surface area contributed by atoms with Gasteiger partial charge in [0.15, 0.2) is 0 Å². The fourth-order valence-corrected chi connectivity index (χ4v) is 2.79. The van der Waals surface area contributed by atoms with Crippen molar-refractivity contribution in [2.75, 3.05) is 19.7 Å². The van der Waals surface area contributed by atoms with E-state index < -0.39 is 22.3 Å². The Morgan fingerprint density at radius 1 is 1.35 bits per heavy atom. The lowest BCUT2D eigenvalue weighted by molar-refractivity contribution is 0.104. The van der Waals surface area contributed by atoms with Gasteiger partial charge in [0.05, 0.1) is 11.4 Å². The van der Waals surface area contributed by atoms with Crippen LogP contribution in [-0.4, -0.2) is 45.2 Å². The molecule has 110 valence electrons. The van der Waals surface area contributed by atoms with Gasteiger partial charge in [0.1, 0.15) is 12.7 Å². The number of hydrogen-bond donors (Lipinski definition) is 0. The second-order valence-corrected chi connectivity index (χ2v) is 6.21. The van der Waals surface area contributed by atoms with Gasteiger partial charge in [0.25, 0.3) is 10.1 Å². The highest BCUT2D eigenvalue weighted by atomic mass is 32.2. The summed E-state index contributed by atoms with van der Waals surface area (Å²) in [6.07, 6.45) is -0.989. The summed E-state index contributed by atoms with van der Waals surface area (Å²) >= 11 is 0. The van der Waals surface area contributed by atoms with E-state index in [-0.39, 0.29) is 11.5 Å². The Balaban J connectivity index is 1.97. The van der Waals surface area contributed by atoms with E-state index in [0.29, 0.717) is 13.1 Å². The van der Waals surface area contributed by atoms with Crippen LogP contribution in [0, 0.1) is 6.92 Å². The SMILES string of the molecule is CCN1C[C@H](COS(=O)(=O)c2ccc(C)cc2)OC1=O. The number of cyclic esters (lactones) is 1. The van der Waals surface area contributed by atoms with E-state index in [1.54, 1.807) is 12.1 Å². The van der Waals surface area contributed by atoms with Crippen molar-refractivity contribution in [2.45, 2.75) is 24.8 Å². The highest BCUT2D eigenvalue weighted by Crippen LogP contribution is 2.16. The largest absolute Gasteiger partial charge is 0.442 e. The molecule has 20 heavy (non-hydrogen) atoms. The fourth-order valence-electron chi connectivity index (χ4n) is 1.86. The zero-order chi connectivity index (χ0) is 14.8. The molecule has 0 radical (unpaired) electrons. The van der Waals surface area contributed by atoms with Crippen molar-refractivity contribution in [3.8, 4) is 0 Å². The van der Waals surface area contributed by atoms with Crippen LogP contribution in [0.15, 0.2) is 29.2 Å². The number of benzene rings is 1. The molecule has 7 heteroatoms. The van der Waals surface area contributed by atoms with Crippen molar-refractivity contribution in [3.05, 3.63) is 29.8 Å². The lowest BCUT2D eigenvalue weighted by Crippen LogP contribution is -2.26. The fraction of sp³-hybridized carbons (Fsp3) is 0.462. The van der Waals surface area contributed by atoms with Gasteiger partial charge in [-0.15, -0.1) is 0 Å². The molecule has 0 aromatic heterocycles. The maximum atomic E-state index is 12.0. The number of aryl methyl sites for hydroxylation is 1. The summed E-state index contributed by atoms with van der Waals surface area (Å²) in [5.41, 5.74) is 0.965. The third-order valence-corrected chi connectivity index (χ3v) is 4.35. The molecule has 1 aromatic rings. The van der Waals surface area contributed by atoms with Gasteiger partial charge in [-0.1, -0.05) is 17.7 Å². The van der Waals surface area contributed by atoms with Gasteiger partial charge >= 0.3 is 6.09 Å². The van der Waals surface area contributed by atoms with Gasteiger partial charge in [-0.05, 0) is 26.0 Å². The molecular weight excluding hydrogens is 282 g/mol. The zero-order valence-electron chi connectivity index (χ0n) is 11.4. The first-order valence-corrected chi connectivity index (χ1v) is 7.75. The average Bonchev–Trinajstić information content (AvgIpc) is 2.78. The van der Waals surface area contributed by atoms with E-state index in [0.717, 1.165) is 5.56 Å². The van der Waals surface area contributed by atoms with Gasteiger partial charge in [0, 0.05) is 6.54 Å². The molecule has 1 atom stereocenters. The molecule has 1 aliphatic rings. The van der Waals surface area contributed by atoms with Crippen molar-refractivity contribution in [1.29, 1.82) is 0 Å². The van der Waals surface area contributed by atoms with E-state index in [4.69, 9.17) is 8.92 Å². The Kier molecular flexibility index (Phi) is 4.29. The first-order chi connectivity index (χ1) is 9.42. The van der Waals surface area contributed by atoms with Gasteiger partial charge < -0.3 is 9.64 Å². The molecule has 0 aliphatic carbocycles. The molecule has 0 N–H and O–H groups in total. The topological polar surface area (TPSA) is 72.9 Å². The molecule has 0 spiro atoms. The molecule has 1 aromatic carbocycles. The molecular formula is C13H17NO5S. The standard InChI is InChI=1S/C13H17NO5S/c1-3-14-8-11(19-13(14)15)9-18-20(16,17)12-6-4-10(2)5-7-12/h4-7,11H,3,8-9H2,1-2H3/t11-/m1/s1. The number of carbonyl (C=O) groups is 1. The minimum atomic E-state index is -3.82. The normalized spacial score (nSPS) is 19.2. The summed E-state index contributed by atoms with van der Waals surface area (Å²) in [7, 11) is -3.82. The lowest BCUT2D eigenvalue weighted by Gasteiger charge is -2.10. The Bertz CT molecular complexity index is 581. The number of amides is 1. The zero-order valence-corrected chi connectivity index (χ0v) is 12.2. The van der Waals surface area contributed by atoms with Gasteiger partial charge in [-0.25, -0.2) is 4.79 Å². The van der Waals surface area contributed by atoms with Crippen LogP contribution in [0.1, 0.15) is 12.5 Å². The average molecular weight is 299 g/mol. The van der Waals surface area contributed by atoms with Crippen molar-refractivity contribution in [1.82, 2.24) is 4.90 Å². The first kappa shape index (κ1) is 14.8. The minimum absolute atomic E-state index is 0.0970. The number of likely N-dealkylation sites (N-methyl/N-ethyl adjacent to an activating group) is 1. The Morgan fingerprint density at radius 3 is 2.55 bits per heavy atom. The van der Waals surface area contributed by atoms with E-state index in [1.807, 2.05) is 13.8 Å². The lowest BCUT2D eigenvalue weighted by atomic mass is 10.2. The van der Waals surface area contributed by atoms with E-state index >= 15 is 0 Å². The van der Waals surface area contributed by atoms with E-state index in [1.165, 1.54) is 17.0 Å². The molecule has 1 saturated heterocycles. The molecule has 1 heterocycles. The van der Waals surface area contributed by atoms with E-state index in [9.17, 15) is 13.2 Å². The van der Waals surface area contributed by atoms with Crippen molar-refractivity contribution < 1.29 is 22.1 Å². The third-order valence-electron chi connectivity index (χ3n) is 3.05. The highest BCUT2D eigenvalue weighted by molar-refractivity contribution is 7.86. The van der Waals surface area contributed by atoms with Gasteiger partial charge in [-0.3, -0.25) is 4.18 Å². The van der Waals surface area contributed by atoms with Crippen molar-refractivity contribution in [2.24, 2.45) is 0 Å². The molecule has 1 aliphatic heterocycles. The molecule has 1 fully saturated rings. The summed E-state index contributed by atoms with van der Waals surface area (Å²) in [4.78, 5) is 12.9. The quantitative estimate of drug-likeness (QED) is 0.771. The minimum Gasteiger partial charge on any atom is -0.442 e. The second-order valence-electron chi connectivity index (χ2n) is 4.60. The van der Waals surface area contributed by atoms with Crippen LogP contribution in [0.4, 0.5) is 4.79 Å². The number of nitrogens with zero attached hydrogens (tertiary/aromatic N) is 1. The van der Waals surface area contributed by atoms with Crippen LogP contribution < -0.4 is 0 Å². The molecule has 2 rings (SSSR count). The summed E-state index contributed by atoms with van der Waals surface area (Å²) in [5, 5.41) is 0. The number of hydrogen-bond acceptors (Lipinski definition) is 5. The van der Waals surface area contributed by atoms with Crippen LogP contribution in [0.3, 0.4) is 0 Å². The van der Waals surface area contributed by atoms with Crippen LogP contribution in [0.2, 0.25) is 0 Å². The van der Waals surface area contributed by atoms with Crippen molar-refractivity contribution in [3.63, 3.8) is 0 Å². The van der Waals surface area contributed by atoms with Crippen molar-refractivity contribution >= 4 is 16.2 Å². The third kappa shape index (κ3) is 3.29. The number of ether oxygens (including phenoxy) is 1. The summed E-state index contributed by atoms with van der Waals surface area (Å²) in [5.74, 6) is 0. The molecule has 0 bridgehead atoms. The van der Waals surface area contributed by atoms with Crippen LogP contribution in [-0.2, 0) is 19.0 Å². The molecule has 1 amide bonds. The van der Waals surface area contributed by atoms with Crippen LogP contribution in [0.5, 0.6) is 0 Å². The predicted molar refractivity (Wildman–Crippen MR) is 71.8 cm³/mol. The molecule has 0 saturated carbocycles. The highest BCUT2D eigenvalue weighted by Gasteiger charge is 2.31. The maximum absolute atomic E-state index is 12.0. The smallest absolute Gasteiger partial charge is 0.410 e. The van der Waals surface area contributed by atoms with E-state index in [2.05, 4.69) is 0 Å². The van der Waals surface area contributed by atoms with Gasteiger partial charge in [0.2, 0.25) is 0 Å². The maximum Gasteiger partial charge on any atom is 0.410 e. The Hall–Kier alpha value is -1.60. The number of carbonyl (C=O) groups excluding carboxylic acids is 1. The summed E-state index contributed by atoms with van der Waals surface area (Å²) in [6, 6.07) is 6.38. The molecule has 0 unspecified atom stereocenters. The molecule has 6 nitrogen and oxygen atoms in total. The summed E-state index contributed by atoms with van der Waals surface area (Å²) in [6.45, 7) is 4.40.